The summed E-state index contributed by atoms with van der Waals surface area (Å²) in [7, 11) is 0. The van der Waals surface area contributed by atoms with Crippen LogP contribution in [-0.4, -0.2) is 35.7 Å². The SMILES string of the molecule is CCCNC1CCCC1CCSCC(=O)OC(C)(C)C. The smallest absolute Gasteiger partial charge is 0.316 e. The fourth-order valence-electron chi connectivity index (χ4n) is 2.74. The van der Waals surface area contributed by atoms with Crippen molar-refractivity contribution in [3.63, 3.8) is 0 Å². The second kappa shape index (κ2) is 8.93. The van der Waals surface area contributed by atoms with Crippen LogP contribution in [0.15, 0.2) is 0 Å². The molecule has 0 aromatic carbocycles. The number of rotatable bonds is 8. The Labute approximate surface area is 128 Å². The Morgan fingerprint density at radius 1 is 1.35 bits per heavy atom. The first kappa shape index (κ1) is 17.8. The number of thioether (sulfide) groups is 1. The summed E-state index contributed by atoms with van der Waals surface area (Å²) < 4.78 is 5.31. The Balaban J connectivity index is 2.12. The maximum atomic E-state index is 11.6. The Hall–Kier alpha value is -0.220. The van der Waals surface area contributed by atoms with Crippen LogP contribution in [0, 0.1) is 5.92 Å². The van der Waals surface area contributed by atoms with Gasteiger partial charge in [0.25, 0.3) is 0 Å². The molecule has 0 aromatic heterocycles. The summed E-state index contributed by atoms with van der Waals surface area (Å²) in [5.74, 6) is 2.26. The Morgan fingerprint density at radius 2 is 2.10 bits per heavy atom. The van der Waals surface area contributed by atoms with Gasteiger partial charge in [0, 0.05) is 6.04 Å². The zero-order valence-corrected chi connectivity index (χ0v) is 14.4. The van der Waals surface area contributed by atoms with Crippen LogP contribution >= 0.6 is 11.8 Å². The number of carbonyl (C=O) groups excluding carboxylic acids is 1. The Morgan fingerprint density at radius 3 is 2.75 bits per heavy atom. The first-order chi connectivity index (χ1) is 9.42. The highest BCUT2D eigenvalue weighted by Crippen LogP contribution is 2.29. The number of hydrogen-bond donors (Lipinski definition) is 1. The van der Waals surface area contributed by atoms with Crippen LogP contribution < -0.4 is 5.32 Å². The van der Waals surface area contributed by atoms with Gasteiger partial charge in [-0.3, -0.25) is 4.79 Å². The molecular weight excluding hydrogens is 270 g/mol. The van der Waals surface area contributed by atoms with E-state index in [0.29, 0.717) is 11.8 Å². The lowest BCUT2D eigenvalue weighted by Gasteiger charge is -2.21. The van der Waals surface area contributed by atoms with Crippen LogP contribution in [0.1, 0.15) is 59.8 Å². The van der Waals surface area contributed by atoms with Gasteiger partial charge in [-0.2, -0.15) is 11.8 Å². The van der Waals surface area contributed by atoms with Gasteiger partial charge in [0.2, 0.25) is 0 Å². The molecule has 1 saturated carbocycles. The van der Waals surface area contributed by atoms with Gasteiger partial charge in [-0.25, -0.2) is 0 Å². The van der Waals surface area contributed by atoms with Crippen molar-refractivity contribution in [1.82, 2.24) is 5.32 Å². The minimum atomic E-state index is -0.363. The normalized spacial score (nSPS) is 23.0. The standard InChI is InChI=1S/C16H31NO2S/c1-5-10-17-14-8-6-7-13(14)9-11-20-12-15(18)19-16(2,3)4/h13-14,17H,5-12H2,1-4H3. The number of hydrogen-bond acceptors (Lipinski definition) is 4. The van der Waals surface area contributed by atoms with Crippen molar-refractivity contribution >= 4 is 17.7 Å². The second-order valence-corrected chi connectivity index (χ2v) is 7.78. The van der Waals surface area contributed by atoms with Crippen LogP contribution in [0.4, 0.5) is 0 Å². The number of ether oxygens (including phenoxy) is 1. The third kappa shape index (κ3) is 7.53. The van der Waals surface area contributed by atoms with Crippen molar-refractivity contribution in [2.45, 2.75) is 71.4 Å². The zero-order chi connectivity index (χ0) is 15.0. The summed E-state index contributed by atoms with van der Waals surface area (Å²) in [6.45, 7) is 9.09. The average Bonchev–Trinajstić information content (AvgIpc) is 2.77. The molecule has 1 aliphatic rings. The first-order valence-corrected chi connectivity index (χ1v) is 9.11. The minimum Gasteiger partial charge on any atom is -0.459 e. The van der Waals surface area contributed by atoms with Crippen molar-refractivity contribution in [2.24, 2.45) is 5.92 Å². The molecule has 0 radical (unpaired) electrons. The number of carbonyl (C=O) groups is 1. The molecule has 1 fully saturated rings. The molecule has 0 spiro atoms. The highest BCUT2D eigenvalue weighted by molar-refractivity contribution is 7.99. The molecule has 0 aliphatic heterocycles. The molecule has 4 heteroatoms. The van der Waals surface area contributed by atoms with Gasteiger partial charge in [0.15, 0.2) is 0 Å². The molecule has 20 heavy (non-hydrogen) atoms. The fraction of sp³-hybridized carbons (Fsp3) is 0.938. The topological polar surface area (TPSA) is 38.3 Å². The summed E-state index contributed by atoms with van der Waals surface area (Å²) in [6, 6.07) is 0.706. The van der Waals surface area contributed by atoms with Crippen LogP contribution in [0.25, 0.3) is 0 Å². The van der Waals surface area contributed by atoms with Crippen LogP contribution in [0.3, 0.4) is 0 Å². The van der Waals surface area contributed by atoms with Gasteiger partial charge in [-0.15, -0.1) is 0 Å². The molecule has 1 N–H and O–H groups in total. The van der Waals surface area contributed by atoms with Crippen molar-refractivity contribution in [3.05, 3.63) is 0 Å². The van der Waals surface area contributed by atoms with E-state index in [4.69, 9.17) is 4.74 Å². The van der Waals surface area contributed by atoms with Crippen LogP contribution in [-0.2, 0) is 9.53 Å². The van der Waals surface area contributed by atoms with Gasteiger partial charge in [-0.05, 0) is 64.7 Å². The van der Waals surface area contributed by atoms with Crippen LogP contribution in [0.2, 0.25) is 0 Å². The molecule has 3 nitrogen and oxygen atoms in total. The lowest BCUT2D eigenvalue weighted by Crippen LogP contribution is -2.33. The van der Waals surface area contributed by atoms with Gasteiger partial charge in [0.05, 0.1) is 5.75 Å². The number of nitrogens with one attached hydrogen (secondary N) is 1. The lowest BCUT2D eigenvalue weighted by molar-refractivity contribution is -0.151. The molecule has 1 aliphatic carbocycles. The van der Waals surface area contributed by atoms with Gasteiger partial charge in [-0.1, -0.05) is 13.3 Å². The highest BCUT2D eigenvalue weighted by atomic mass is 32.2. The summed E-state index contributed by atoms with van der Waals surface area (Å²) in [4.78, 5) is 11.6. The third-order valence-corrected chi connectivity index (χ3v) is 4.55. The van der Waals surface area contributed by atoms with Gasteiger partial charge in [0.1, 0.15) is 5.60 Å². The molecule has 2 atom stereocenters. The maximum Gasteiger partial charge on any atom is 0.316 e. The van der Waals surface area contributed by atoms with Crippen LogP contribution in [0.5, 0.6) is 0 Å². The van der Waals surface area contributed by atoms with Gasteiger partial charge >= 0.3 is 5.97 Å². The third-order valence-electron chi connectivity index (χ3n) is 3.59. The molecular formula is C16H31NO2S. The maximum absolute atomic E-state index is 11.6. The summed E-state index contributed by atoms with van der Waals surface area (Å²) in [5, 5.41) is 3.66. The largest absolute Gasteiger partial charge is 0.459 e. The van der Waals surface area contributed by atoms with E-state index >= 15 is 0 Å². The van der Waals surface area contributed by atoms with E-state index in [1.807, 2.05) is 20.8 Å². The highest BCUT2D eigenvalue weighted by Gasteiger charge is 2.26. The molecule has 0 amide bonds. The van der Waals surface area contributed by atoms with E-state index in [0.717, 1.165) is 18.2 Å². The summed E-state index contributed by atoms with van der Waals surface area (Å²) in [5.41, 5.74) is -0.363. The average molecular weight is 301 g/mol. The Kier molecular flexibility index (Phi) is 7.96. The van der Waals surface area contributed by atoms with Crippen molar-refractivity contribution in [2.75, 3.05) is 18.1 Å². The minimum absolute atomic E-state index is 0.0884. The second-order valence-electron chi connectivity index (χ2n) is 6.68. The summed E-state index contributed by atoms with van der Waals surface area (Å²) >= 11 is 1.71. The molecule has 2 unspecified atom stereocenters. The predicted molar refractivity (Wildman–Crippen MR) is 87.2 cm³/mol. The molecule has 1 rings (SSSR count). The van der Waals surface area contributed by atoms with E-state index in [9.17, 15) is 4.79 Å². The van der Waals surface area contributed by atoms with Crippen molar-refractivity contribution < 1.29 is 9.53 Å². The van der Waals surface area contributed by atoms with Gasteiger partial charge < -0.3 is 10.1 Å². The first-order valence-electron chi connectivity index (χ1n) is 7.95. The quantitative estimate of drug-likeness (QED) is 0.549. The Bertz CT molecular complexity index is 289. The molecule has 118 valence electrons. The zero-order valence-electron chi connectivity index (χ0n) is 13.5. The van der Waals surface area contributed by atoms with E-state index in [1.54, 1.807) is 11.8 Å². The van der Waals surface area contributed by atoms with E-state index in [-0.39, 0.29) is 11.6 Å². The summed E-state index contributed by atoms with van der Waals surface area (Å²) in [6.07, 6.45) is 6.43. The predicted octanol–water partition coefficient (Wildman–Crippen LogP) is 3.62. The van der Waals surface area contributed by atoms with E-state index in [2.05, 4.69) is 12.2 Å². The fourth-order valence-corrected chi connectivity index (χ4v) is 3.58. The van der Waals surface area contributed by atoms with Crippen molar-refractivity contribution in [3.8, 4) is 0 Å². The van der Waals surface area contributed by atoms with E-state index < -0.39 is 0 Å². The monoisotopic (exact) mass is 301 g/mol. The molecule has 0 bridgehead atoms. The number of esters is 1. The molecule has 0 heterocycles. The molecule has 0 saturated heterocycles. The lowest BCUT2D eigenvalue weighted by atomic mass is 10.0. The van der Waals surface area contributed by atoms with Crippen molar-refractivity contribution in [1.29, 1.82) is 0 Å². The van der Waals surface area contributed by atoms with E-state index in [1.165, 1.54) is 32.1 Å². The molecule has 0 aromatic rings.